The molecule has 0 radical (unpaired) electrons. The van der Waals surface area contributed by atoms with Gasteiger partial charge in [-0.2, -0.15) is 0 Å². The van der Waals surface area contributed by atoms with Crippen LogP contribution >= 0.6 is 0 Å². The molecule has 1 fully saturated rings. The Bertz CT molecular complexity index is 458. The second-order valence-electron chi connectivity index (χ2n) is 6.29. The Labute approximate surface area is 132 Å². The third-order valence-electron chi connectivity index (χ3n) is 4.15. The number of amides is 1. The second-order valence-corrected chi connectivity index (χ2v) is 6.29. The first-order valence-corrected chi connectivity index (χ1v) is 8.12. The summed E-state index contributed by atoms with van der Waals surface area (Å²) in [6.45, 7) is 7.70. The van der Waals surface area contributed by atoms with Crippen LogP contribution in [0.1, 0.15) is 45.2 Å². The Morgan fingerprint density at radius 3 is 2.45 bits per heavy atom. The molecule has 1 saturated heterocycles. The van der Waals surface area contributed by atoms with Crippen molar-refractivity contribution in [3.8, 4) is 0 Å². The van der Waals surface area contributed by atoms with Crippen LogP contribution in [0.15, 0.2) is 24.5 Å². The molecular weight excluding hydrogens is 278 g/mol. The van der Waals surface area contributed by atoms with Crippen LogP contribution in [0.3, 0.4) is 0 Å². The van der Waals surface area contributed by atoms with E-state index in [2.05, 4.69) is 29.5 Å². The molecule has 0 spiro atoms. The molecule has 2 heterocycles. The van der Waals surface area contributed by atoms with Crippen molar-refractivity contribution in [3.63, 3.8) is 0 Å². The lowest BCUT2D eigenvalue weighted by Crippen LogP contribution is -2.52. The van der Waals surface area contributed by atoms with E-state index in [4.69, 9.17) is 4.74 Å². The molecule has 5 nitrogen and oxygen atoms in total. The molecule has 122 valence electrons. The van der Waals surface area contributed by atoms with Crippen molar-refractivity contribution in [1.82, 2.24) is 15.6 Å². The maximum absolute atomic E-state index is 12.6. The molecule has 0 saturated carbocycles. The van der Waals surface area contributed by atoms with E-state index in [1.54, 1.807) is 12.4 Å². The number of nitrogens with zero attached hydrogens (tertiary/aromatic N) is 1. The van der Waals surface area contributed by atoms with E-state index in [1.165, 1.54) is 0 Å². The zero-order valence-corrected chi connectivity index (χ0v) is 13.7. The van der Waals surface area contributed by atoms with Gasteiger partial charge >= 0.3 is 0 Å². The van der Waals surface area contributed by atoms with Gasteiger partial charge in [0.05, 0.1) is 12.1 Å². The third-order valence-corrected chi connectivity index (χ3v) is 4.15. The van der Waals surface area contributed by atoms with Gasteiger partial charge < -0.3 is 15.4 Å². The van der Waals surface area contributed by atoms with Crippen LogP contribution in [0, 0.1) is 5.92 Å². The van der Waals surface area contributed by atoms with Crippen LogP contribution in [0.25, 0.3) is 0 Å². The fourth-order valence-electron chi connectivity index (χ4n) is 2.73. The molecule has 2 rings (SSSR count). The van der Waals surface area contributed by atoms with E-state index in [-0.39, 0.29) is 23.9 Å². The van der Waals surface area contributed by atoms with Crippen molar-refractivity contribution in [1.29, 1.82) is 0 Å². The second kappa shape index (κ2) is 8.25. The smallest absolute Gasteiger partial charge is 0.237 e. The van der Waals surface area contributed by atoms with Gasteiger partial charge in [-0.1, -0.05) is 13.8 Å². The Hall–Kier alpha value is -1.46. The normalized spacial score (nSPS) is 18.9. The van der Waals surface area contributed by atoms with E-state index >= 15 is 0 Å². The van der Waals surface area contributed by atoms with E-state index in [0.717, 1.165) is 31.6 Å². The van der Waals surface area contributed by atoms with Gasteiger partial charge in [-0.25, -0.2) is 0 Å². The summed E-state index contributed by atoms with van der Waals surface area (Å²) in [5.41, 5.74) is 1.07. The maximum Gasteiger partial charge on any atom is 0.237 e. The van der Waals surface area contributed by atoms with Crippen LogP contribution in [-0.4, -0.2) is 36.2 Å². The Morgan fingerprint density at radius 2 is 1.86 bits per heavy atom. The summed E-state index contributed by atoms with van der Waals surface area (Å²) in [5.74, 6) is 0.304. The molecule has 1 amide bonds. The molecule has 1 aliphatic heterocycles. The lowest BCUT2D eigenvalue weighted by Gasteiger charge is -2.30. The SMILES string of the molecule is CC(C)[C@H](NC1CCOCC1)C(=O)N[C@H](C)c1ccncc1. The highest BCUT2D eigenvalue weighted by atomic mass is 16.5. The van der Waals surface area contributed by atoms with Gasteiger partial charge in [0, 0.05) is 31.6 Å². The zero-order chi connectivity index (χ0) is 15.9. The maximum atomic E-state index is 12.6. The first kappa shape index (κ1) is 16.9. The van der Waals surface area contributed by atoms with Crippen molar-refractivity contribution in [2.45, 2.75) is 51.7 Å². The highest BCUT2D eigenvalue weighted by Gasteiger charge is 2.27. The van der Waals surface area contributed by atoms with Crippen molar-refractivity contribution in [3.05, 3.63) is 30.1 Å². The van der Waals surface area contributed by atoms with E-state index in [9.17, 15) is 4.79 Å². The number of rotatable bonds is 6. The topological polar surface area (TPSA) is 63.2 Å². The van der Waals surface area contributed by atoms with Gasteiger partial charge in [0.2, 0.25) is 5.91 Å². The fraction of sp³-hybridized carbons (Fsp3) is 0.647. The molecule has 5 heteroatoms. The lowest BCUT2D eigenvalue weighted by molar-refractivity contribution is -0.125. The predicted molar refractivity (Wildman–Crippen MR) is 86.4 cm³/mol. The number of hydrogen-bond acceptors (Lipinski definition) is 4. The summed E-state index contributed by atoms with van der Waals surface area (Å²) in [6, 6.07) is 4.03. The third kappa shape index (κ3) is 4.78. The highest BCUT2D eigenvalue weighted by Crippen LogP contribution is 2.14. The van der Waals surface area contributed by atoms with Gasteiger partial charge in [0.1, 0.15) is 0 Å². The summed E-state index contributed by atoms with van der Waals surface area (Å²) in [7, 11) is 0. The van der Waals surface area contributed by atoms with Crippen molar-refractivity contribution < 1.29 is 9.53 Å². The quantitative estimate of drug-likeness (QED) is 0.844. The van der Waals surface area contributed by atoms with Crippen molar-refractivity contribution >= 4 is 5.91 Å². The molecule has 0 aromatic carbocycles. The number of ether oxygens (including phenoxy) is 1. The van der Waals surface area contributed by atoms with Crippen LogP contribution in [0.2, 0.25) is 0 Å². The van der Waals surface area contributed by atoms with Crippen molar-refractivity contribution in [2.24, 2.45) is 5.92 Å². The summed E-state index contributed by atoms with van der Waals surface area (Å²) in [4.78, 5) is 16.6. The van der Waals surface area contributed by atoms with Crippen molar-refractivity contribution in [2.75, 3.05) is 13.2 Å². The average Bonchev–Trinajstić information content (AvgIpc) is 2.54. The number of hydrogen-bond donors (Lipinski definition) is 2. The Balaban J connectivity index is 1.94. The monoisotopic (exact) mass is 305 g/mol. The highest BCUT2D eigenvalue weighted by molar-refractivity contribution is 5.82. The average molecular weight is 305 g/mol. The van der Waals surface area contributed by atoms with E-state index in [1.807, 2.05) is 19.1 Å². The summed E-state index contributed by atoms with van der Waals surface area (Å²) in [6.07, 6.45) is 5.43. The van der Waals surface area contributed by atoms with Crippen LogP contribution in [-0.2, 0) is 9.53 Å². The van der Waals surface area contributed by atoms with Gasteiger partial charge in [-0.3, -0.25) is 9.78 Å². The van der Waals surface area contributed by atoms with Gasteiger partial charge in [0.25, 0.3) is 0 Å². The first-order chi connectivity index (χ1) is 10.6. The fourth-order valence-corrected chi connectivity index (χ4v) is 2.73. The Morgan fingerprint density at radius 1 is 1.23 bits per heavy atom. The Kier molecular flexibility index (Phi) is 6.34. The number of nitrogens with one attached hydrogen (secondary N) is 2. The van der Waals surface area contributed by atoms with Gasteiger partial charge in [-0.15, -0.1) is 0 Å². The molecular formula is C17H27N3O2. The zero-order valence-electron chi connectivity index (χ0n) is 13.7. The van der Waals surface area contributed by atoms with E-state index in [0.29, 0.717) is 6.04 Å². The molecule has 1 aromatic rings. The summed E-state index contributed by atoms with van der Waals surface area (Å²) in [5, 5.41) is 6.61. The summed E-state index contributed by atoms with van der Waals surface area (Å²) >= 11 is 0. The predicted octanol–water partition coefficient (Wildman–Crippen LogP) is 2.05. The molecule has 1 aliphatic rings. The van der Waals surface area contributed by atoms with Crippen LogP contribution in [0.5, 0.6) is 0 Å². The lowest BCUT2D eigenvalue weighted by atomic mass is 9.99. The number of carbonyl (C=O) groups excluding carboxylic acids is 1. The largest absolute Gasteiger partial charge is 0.381 e. The molecule has 0 bridgehead atoms. The summed E-state index contributed by atoms with van der Waals surface area (Å²) < 4.78 is 5.38. The molecule has 22 heavy (non-hydrogen) atoms. The molecule has 0 aliphatic carbocycles. The van der Waals surface area contributed by atoms with Gasteiger partial charge in [-0.05, 0) is 43.4 Å². The number of carbonyl (C=O) groups is 1. The van der Waals surface area contributed by atoms with Crippen LogP contribution < -0.4 is 10.6 Å². The molecule has 1 aromatic heterocycles. The minimum atomic E-state index is -0.174. The minimum absolute atomic E-state index is 0.0201. The van der Waals surface area contributed by atoms with Crippen LogP contribution in [0.4, 0.5) is 0 Å². The number of aromatic nitrogens is 1. The molecule has 2 N–H and O–H groups in total. The van der Waals surface area contributed by atoms with E-state index < -0.39 is 0 Å². The first-order valence-electron chi connectivity index (χ1n) is 8.12. The molecule has 0 unspecified atom stereocenters. The standard InChI is InChI=1S/C17H27N3O2/c1-12(2)16(20-15-6-10-22-11-7-15)17(21)19-13(3)14-4-8-18-9-5-14/h4-5,8-9,12-13,15-16,20H,6-7,10-11H2,1-3H3,(H,19,21)/t13-,16+/m1/s1. The minimum Gasteiger partial charge on any atom is -0.381 e. The van der Waals surface area contributed by atoms with Gasteiger partial charge in [0.15, 0.2) is 0 Å². The number of pyridine rings is 1. The molecule has 2 atom stereocenters.